The van der Waals surface area contributed by atoms with E-state index in [1.807, 2.05) is 0 Å². The van der Waals surface area contributed by atoms with Crippen LogP contribution in [0.25, 0.3) is 0 Å². The molecule has 0 saturated carbocycles. The molecule has 0 amide bonds. The zero-order valence-electron chi connectivity index (χ0n) is 24.7. The number of unbranched alkanes of at least 4 members (excludes halogenated alkanes) is 17. The van der Waals surface area contributed by atoms with Crippen LogP contribution in [0.15, 0.2) is 12.3 Å². The first-order valence-corrected chi connectivity index (χ1v) is 15.9. The maximum atomic E-state index is 6.13. The summed E-state index contributed by atoms with van der Waals surface area (Å²) >= 11 is 0. The quantitative estimate of drug-likeness (QED) is 0.0526. The van der Waals surface area contributed by atoms with Crippen molar-refractivity contribution >= 4 is 0 Å². The highest BCUT2D eigenvalue weighted by Crippen LogP contribution is 2.13. The third kappa shape index (κ3) is 29.6. The van der Waals surface area contributed by atoms with Crippen LogP contribution >= 0.6 is 0 Å². The standard InChI is InChI=1S/C32H64O4/c1-4-7-10-13-15-17-19-23-29-35-32(36-30-24-20-18-16-14-11-8-5-2)26-21-25-28-34-31-33-27-22-12-9-6-3/h25,28,32H,4-24,26-27,29-31H2,1-3H3. The molecule has 0 aliphatic heterocycles. The lowest BCUT2D eigenvalue weighted by Crippen LogP contribution is -2.18. The second-order valence-electron chi connectivity index (χ2n) is 10.3. The van der Waals surface area contributed by atoms with Crippen LogP contribution in [0, 0.1) is 0 Å². The minimum absolute atomic E-state index is 0.0985. The van der Waals surface area contributed by atoms with Crippen molar-refractivity contribution in [1.82, 2.24) is 0 Å². The SMILES string of the molecule is CCCCCCCCCCOC(CCC=COCOCCCCCC)OCCCCCCCCCC. The third-order valence-electron chi connectivity index (χ3n) is 6.66. The van der Waals surface area contributed by atoms with Crippen LogP contribution in [0.4, 0.5) is 0 Å². The fraction of sp³-hybridized carbons (Fsp3) is 0.938. The molecule has 0 rings (SSSR count). The van der Waals surface area contributed by atoms with E-state index < -0.39 is 0 Å². The van der Waals surface area contributed by atoms with E-state index in [2.05, 4.69) is 26.8 Å². The average Bonchev–Trinajstić information content (AvgIpc) is 2.89. The fourth-order valence-electron chi connectivity index (χ4n) is 4.26. The molecule has 0 aromatic heterocycles. The summed E-state index contributed by atoms with van der Waals surface area (Å²) in [6.07, 6.45) is 31.6. The molecular weight excluding hydrogens is 448 g/mol. The third-order valence-corrected chi connectivity index (χ3v) is 6.66. The monoisotopic (exact) mass is 512 g/mol. The van der Waals surface area contributed by atoms with Gasteiger partial charge in [0.2, 0.25) is 0 Å². The summed E-state index contributed by atoms with van der Waals surface area (Å²) in [6.45, 7) is 9.52. The number of hydrogen-bond donors (Lipinski definition) is 0. The normalized spacial score (nSPS) is 11.8. The molecule has 0 aromatic carbocycles. The van der Waals surface area contributed by atoms with Crippen molar-refractivity contribution < 1.29 is 18.9 Å². The van der Waals surface area contributed by atoms with E-state index in [4.69, 9.17) is 18.9 Å². The predicted molar refractivity (Wildman–Crippen MR) is 155 cm³/mol. The molecule has 36 heavy (non-hydrogen) atoms. The maximum Gasteiger partial charge on any atom is 0.188 e. The Labute approximate surface area is 226 Å². The Kier molecular flexibility index (Phi) is 31.9. The van der Waals surface area contributed by atoms with E-state index in [9.17, 15) is 0 Å². The van der Waals surface area contributed by atoms with Crippen LogP contribution in [0.2, 0.25) is 0 Å². The van der Waals surface area contributed by atoms with Crippen molar-refractivity contribution in [3.05, 3.63) is 12.3 Å². The predicted octanol–water partition coefficient (Wildman–Crippen LogP) is 10.5. The Hall–Kier alpha value is -0.580. The molecule has 0 heterocycles. The second-order valence-corrected chi connectivity index (χ2v) is 10.3. The molecule has 4 heteroatoms. The summed E-state index contributed by atoms with van der Waals surface area (Å²) in [5.41, 5.74) is 0. The number of ether oxygens (including phenoxy) is 4. The van der Waals surface area contributed by atoms with Gasteiger partial charge >= 0.3 is 0 Å². The lowest BCUT2D eigenvalue weighted by atomic mass is 10.1. The van der Waals surface area contributed by atoms with Gasteiger partial charge in [-0.15, -0.1) is 0 Å². The van der Waals surface area contributed by atoms with E-state index in [0.29, 0.717) is 6.79 Å². The second kappa shape index (κ2) is 32.4. The summed E-state index contributed by atoms with van der Waals surface area (Å²) in [7, 11) is 0. The average molecular weight is 513 g/mol. The maximum absolute atomic E-state index is 6.13. The fourth-order valence-corrected chi connectivity index (χ4v) is 4.26. The summed E-state index contributed by atoms with van der Waals surface area (Å²) in [5.74, 6) is 0. The van der Waals surface area contributed by atoms with Crippen molar-refractivity contribution in [3.63, 3.8) is 0 Å². The van der Waals surface area contributed by atoms with Gasteiger partial charge in [0, 0.05) is 19.6 Å². The van der Waals surface area contributed by atoms with Gasteiger partial charge in [0.1, 0.15) is 0 Å². The molecule has 0 aliphatic rings. The highest BCUT2D eigenvalue weighted by molar-refractivity contribution is 4.73. The molecule has 0 N–H and O–H groups in total. The lowest BCUT2D eigenvalue weighted by Gasteiger charge is -2.18. The van der Waals surface area contributed by atoms with E-state index >= 15 is 0 Å². The molecule has 0 unspecified atom stereocenters. The molecule has 0 radical (unpaired) electrons. The Balaban J connectivity index is 3.94. The molecule has 0 atom stereocenters. The largest absolute Gasteiger partial charge is 0.475 e. The van der Waals surface area contributed by atoms with Crippen LogP contribution < -0.4 is 0 Å². The number of hydrogen-bond acceptors (Lipinski definition) is 4. The summed E-state index contributed by atoms with van der Waals surface area (Å²) in [6, 6.07) is 0. The van der Waals surface area contributed by atoms with Gasteiger partial charge in [0.05, 0.1) is 12.9 Å². The Morgan fingerprint density at radius 3 is 1.42 bits per heavy atom. The highest BCUT2D eigenvalue weighted by atomic mass is 16.7. The molecule has 0 aliphatic carbocycles. The Morgan fingerprint density at radius 2 is 0.917 bits per heavy atom. The Bertz CT molecular complexity index is 391. The van der Waals surface area contributed by atoms with Gasteiger partial charge in [-0.25, -0.2) is 0 Å². The van der Waals surface area contributed by atoms with Crippen molar-refractivity contribution in [2.75, 3.05) is 26.6 Å². The number of allylic oxidation sites excluding steroid dienone is 1. The molecule has 0 spiro atoms. The molecule has 0 aromatic rings. The van der Waals surface area contributed by atoms with E-state index in [0.717, 1.165) is 51.9 Å². The first-order valence-electron chi connectivity index (χ1n) is 15.9. The van der Waals surface area contributed by atoms with Gasteiger partial charge in [0.25, 0.3) is 0 Å². The van der Waals surface area contributed by atoms with Crippen LogP contribution in [0.3, 0.4) is 0 Å². The Morgan fingerprint density at radius 1 is 0.500 bits per heavy atom. The summed E-state index contributed by atoms with van der Waals surface area (Å²) in [4.78, 5) is 0. The van der Waals surface area contributed by atoms with Gasteiger partial charge in [-0.1, -0.05) is 130 Å². The van der Waals surface area contributed by atoms with Crippen LogP contribution in [0.5, 0.6) is 0 Å². The minimum atomic E-state index is -0.0985. The zero-order valence-corrected chi connectivity index (χ0v) is 24.7. The van der Waals surface area contributed by atoms with Crippen molar-refractivity contribution in [2.45, 2.75) is 168 Å². The van der Waals surface area contributed by atoms with E-state index in [1.165, 1.54) is 109 Å². The lowest BCUT2D eigenvalue weighted by molar-refractivity contribution is -0.146. The summed E-state index contributed by atoms with van der Waals surface area (Å²) in [5, 5.41) is 0. The molecule has 0 fully saturated rings. The van der Waals surface area contributed by atoms with Crippen molar-refractivity contribution in [3.8, 4) is 0 Å². The summed E-state index contributed by atoms with van der Waals surface area (Å²) < 4.78 is 23.2. The smallest absolute Gasteiger partial charge is 0.188 e. The first-order chi connectivity index (χ1) is 17.8. The van der Waals surface area contributed by atoms with Gasteiger partial charge in [-0.05, 0) is 31.8 Å². The first kappa shape index (κ1) is 35.4. The molecule has 0 bridgehead atoms. The highest BCUT2D eigenvalue weighted by Gasteiger charge is 2.08. The van der Waals surface area contributed by atoms with Crippen LogP contribution in [0.1, 0.15) is 162 Å². The van der Waals surface area contributed by atoms with E-state index in [1.54, 1.807) is 6.26 Å². The number of rotatable bonds is 31. The molecule has 4 nitrogen and oxygen atoms in total. The van der Waals surface area contributed by atoms with Gasteiger partial charge < -0.3 is 18.9 Å². The van der Waals surface area contributed by atoms with Gasteiger partial charge in [0.15, 0.2) is 13.1 Å². The van der Waals surface area contributed by atoms with Crippen LogP contribution in [-0.2, 0) is 18.9 Å². The van der Waals surface area contributed by atoms with Gasteiger partial charge in [-0.3, -0.25) is 0 Å². The van der Waals surface area contributed by atoms with E-state index in [-0.39, 0.29) is 6.29 Å². The molecular formula is C32H64O4. The van der Waals surface area contributed by atoms with Gasteiger partial charge in [-0.2, -0.15) is 0 Å². The van der Waals surface area contributed by atoms with Crippen LogP contribution in [-0.4, -0.2) is 32.9 Å². The zero-order chi connectivity index (χ0) is 26.2. The minimum Gasteiger partial charge on any atom is -0.475 e. The topological polar surface area (TPSA) is 36.9 Å². The molecule has 216 valence electrons. The van der Waals surface area contributed by atoms with Crippen molar-refractivity contribution in [1.29, 1.82) is 0 Å². The molecule has 0 saturated heterocycles. The van der Waals surface area contributed by atoms with Crippen molar-refractivity contribution in [2.24, 2.45) is 0 Å².